The lowest BCUT2D eigenvalue weighted by atomic mass is 10.0. The van der Waals surface area contributed by atoms with E-state index in [1.165, 1.54) is 12.5 Å². The van der Waals surface area contributed by atoms with E-state index in [1.54, 1.807) is 61.0 Å². The zero-order valence-electron chi connectivity index (χ0n) is 19.3. The summed E-state index contributed by atoms with van der Waals surface area (Å²) in [7, 11) is -3.86. The molecule has 0 aliphatic rings. The van der Waals surface area contributed by atoms with Crippen LogP contribution in [0, 0.1) is 0 Å². The molecule has 5 nitrogen and oxygen atoms in total. The van der Waals surface area contributed by atoms with Gasteiger partial charge in [0.05, 0.1) is 26.3 Å². The van der Waals surface area contributed by atoms with Gasteiger partial charge in [-0.2, -0.15) is 9.35 Å². The summed E-state index contributed by atoms with van der Waals surface area (Å²) in [4.78, 5) is 5.08. The van der Waals surface area contributed by atoms with Crippen LogP contribution in [0.4, 0.5) is 0 Å². The molecule has 0 radical (unpaired) electrons. The third-order valence-corrected chi connectivity index (χ3v) is 7.70. The highest BCUT2D eigenvalue weighted by Gasteiger charge is 2.24. The molecule has 0 amide bonds. The molecule has 0 unspecified atom stereocenters. The number of rotatable bonds is 5. The SMILES string of the molecule is CC(C)(O)c1cn(-c2c(Cl)cccc2Cl)c(-c2ccc(-c3cccc(S(C)(C)(=O)O)c3)cc2)n1. The van der Waals surface area contributed by atoms with Gasteiger partial charge in [-0.3, -0.25) is 9.12 Å². The van der Waals surface area contributed by atoms with E-state index in [2.05, 4.69) is 0 Å². The van der Waals surface area contributed by atoms with Gasteiger partial charge < -0.3 is 5.11 Å². The van der Waals surface area contributed by atoms with Crippen molar-refractivity contribution >= 4 is 32.5 Å². The van der Waals surface area contributed by atoms with Crippen molar-refractivity contribution in [2.75, 3.05) is 12.5 Å². The van der Waals surface area contributed by atoms with Gasteiger partial charge in [-0.1, -0.05) is 65.7 Å². The summed E-state index contributed by atoms with van der Waals surface area (Å²) in [5.74, 6) is 0.577. The number of aromatic nitrogens is 2. The number of aliphatic hydroxyl groups is 1. The first kappa shape index (κ1) is 24.6. The lowest BCUT2D eigenvalue weighted by molar-refractivity contribution is 0.0743. The second-order valence-electron chi connectivity index (χ2n) is 9.32. The Kier molecular flexibility index (Phi) is 6.03. The minimum Gasteiger partial charge on any atom is -0.384 e. The molecule has 4 aromatic rings. The molecule has 1 heterocycles. The summed E-state index contributed by atoms with van der Waals surface area (Å²) in [5.41, 5.74) is 2.40. The Morgan fingerprint density at radius 3 is 2.00 bits per heavy atom. The van der Waals surface area contributed by atoms with E-state index in [-0.39, 0.29) is 0 Å². The van der Waals surface area contributed by atoms with Crippen LogP contribution in [0.1, 0.15) is 19.5 Å². The van der Waals surface area contributed by atoms with Gasteiger partial charge in [0.15, 0.2) is 0 Å². The molecule has 2 N–H and O–H groups in total. The van der Waals surface area contributed by atoms with E-state index in [1.807, 2.05) is 30.3 Å². The number of para-hydroxylation sites is 1. The van der Waals surface area contributed by atoms with Gasteiger partial charge in [0, 0.05) is 24.3 Å². The van der Waals surface area contributed by atoms with Gasteiger partial charge in [0.25, 0.3) is 0 Å². The molecule has 4 rings (SSSR count). The summed E-state index contributed by atoms with van der Waals surface area (Å²) < 4.78 is 24.8. The third-order valence-electron chi connectivity index (χ3n) is 5.49. The maximum atomic E-state index is 12.6. The average molecular weight is 517 g/mol. The summed E-state index contributed by atoms with van der Waals surface area (Å²) in [6.45, 7) is 3.34. The normalized spacial score (nSPS) is 13.5. The molecule has 3 aromatic carbocycles. The molecule has 0 saturated carbocycles. The number of benzene rings is 3. The van der Waals surface area contributed by atoms with Crippen molar-refractivity contribution in [2.45, 2.75) is 24.3 Å². The first-order chi connectivity index (χ1) is 15.7. The van der Waals surface area contributed by atoms with Crippen molar-refractivity contribution in [3.05, 3.63) is 88.7 Å². The number of imidazole rings is 1. The van der Waals surface area contributed by atoms with Crippen molar-refractivity contribution in [3.63, 3.8) is 0 Å². The predicted molar refractivity (Wildman–Crippen MR) is 141 cm³/mol. The molecule has 0 aliphatic heterocycles. The topological polar surface area (TPSA) is 75.4 Å². The van der Waals surface area contributed by atoms with E-state index >= 15 is 0 Å². The fraction of sp³-hybridized carbons (Fsp3) is 0.192. The first-order valence-electron chi connectivity index (χ1n) is 10.5. The maximum Gasteiger partial charge on any atom is 0.145 e. The van der Waals surface area contributed by atoms with E-state index in [4.69, 9.17) is 28.2 Å². The first-order valence-corrected chi connectivity index (χ1v) is 14.0. The minimum absolute atomic E-state index is 0.386. The van der Waals surface area contributed by atoms with Crippen LogP contribution >= 0.6 is 23.2 Å². The van der Waals surface area contributed by atoms with Crippen molar-refractivity contribution in [2.24, 2.45) is 0 Å². The predicted octanol–water partition coefficient (Wildman–Crippen LogP) is 6.65. The molecule has 0 atom stereocenters. The molecular weight excluding hydrogens is 491 g/mol. The van der Waals surface area contributed by atoms with Crippen molar-refractivity contribution in [3.8, 4) is 28.2 Å². The number of hydrogen-bond donors (Lipinski definition) is 2. The Balaban J connectivity index is 1.82. The van der Waals surface area contributed by atoms with E-state index in [0.29, 0.717) is 32.1 Å². The van der Waals surface area contributed by atoms with Crippen LogP contribution < -0.4 is 0 Å². The van der Waals surface area contributed by atoms with Gasteiger partial charge in [0.2, 0.25) is 0 Å². The summed E-state index contributed by atoms with van der Waals surface area (Å²) in [5, 5.41) is 11.5. The summed E-state index contributed by atoms with van der Waals surface area (Å²) in [6, 6.07) is 20.0. The van der Waals surface area contributed by atoms with Crippen molar-refractivity contribution in [1.82, 2.24) is 9.55 Å². The van der Waals surface area contributed by atoms with Gasteiger partial charge >= 0.3 is 0 Å². The molecular formula is C26H26Cl2N2O3S. The van der Waals surface area contributed by atoms with Crippen LogP contribution in [-0.4, -0.2) is 35.9 Å². The minimum atomic E-state index is -3.86. The van der Waals surface area contributed by atoms with Crippen LogP contribution in [0.3, 0.4) is 0 Å². The Morgan fingerprint density at radius 2 is 1.44 bits per heavy atom. The van der Waals surface area contributed by atoms with Gasteiger partial charge in [-0.25, -0.2) is 9.19 Å². The lowest BCUT2D eigenvalue weighted by Crippen LogP contribution is -2.28. The number of nitrogens with zero attached hydrogens (tertiary/aromatic N) is 2. The summed E-state index contributed by atoms with van der Waals surface area (Å²) >= 11 is 13.0. The van der Waals surface area contributed by atoms with E-state index < -0.39 is 14.9 Å². The number of hydrogen-bond acceptors (Lipinski definition) is 3. The molecule has 0 saturated heterocycles. The highest BCUT2D eigenvalue weighted by molar-refractivity contribution is 8.14. The molecule has 178 valence electrons. The van der Waals surface area contributed by atoms with E-state index in [9.17, 15) is 13.9 Å². The smallest absolute Gasteiger partial charge is 0.145 e. The van der Waals surface area contributed by atoms with Crippen molar-refractivity contribution < 1.29 is 13.9 Å². The molecule has 0 spiro atoms. The Bertz CT molecular complexity index is 1420. The highest BCUT2D eigenvalue weighted by atomic mass is 35.5. The van der Waals surface area contributed by atoms with Gasteiger partial charge in [-0.15, -0.1) is 0 Å². The van der Waals surface area contributed by atoms with Crippen LogP contribution in [-0.2, 0) is 14.9 Å². The Morgan fingerprint density at radius 1 is 0.882 bits per heavy atom. The fourth-order valence-electron chi connectivity index (χ4n) is 3.62. The average Bonchev–Trinajstić information content (AvgIpc) is 3.18. The zero-order valence-corrected chi connectivity index (χ0v) is 21.6. The standard InChI is InChI=1S/C26H26Cl2N2O3S/c1-26(2,31)23-16-30(24-21(27)9-6-10-22(24)28)25(29-23)18-13-11-17(12-14-18)19-7-5-8-20(15-19)34(3,4,32)33/h5-16,31H,1-4H3,(H,32,33). The maximum absolute atomic E-state index is 12.6. The molecule has 1 aromatic heterocycles. The second kappa shape index (κ2) is 8.33. The lowest BCUT2D eigenvalue weighted by Gasteiger charge is -2.34. The third kappa shape index (κ3) is 4.97. The fourth-order valence-corrected chi connectivity index (χ4v) is 5.13. The second-order valence-corrected chi connectivity index (χ2v) is 14.1. The number of halogens is 2. The van der Waals surface area contributed by atoms with Crippen molar-refractivity contribution in [1.29, 1.82) is 0 Å². The molecule has 0 aliphatic carbocycles. The Hall–Kier alpha value is -2.48. The molecule has 0 fully saturated rings. The molecule has 0 bridgehead atoms. The monoisotopic (exact) mass is 516 g/mol. The summed E-state index contributed by atoms with van der Waals surface area (Å²) in [6.07, 6.45) is 4.43. The van der Waals surface area contributed by atoms with Gasteiger partial charge in [0.1, 0.15) is 11.4 Å². The highest BCUT2D eigenvalue weighted by Crippen LogP contribution is 2.36. The van der Waals surface area contributed by atoms with Gasteiger partial charge in [-0.05, 0) is 49.2 Å². The van der Waals surface area contributed by atoms with Crippen LogP contribution in [0.15, 0.2) is 77.8 Å². The van der Waals surface area contributed by atoms with Crippen LogP contribution in [0.25, 0.3) is 28.2 Å². The quantitative estimate of drug-likeness (QED) is 0.311. The molecule has 34 heavy (non-hydrogen) atoms. The van der Waals surface area contributed by atoms with Crippen LogP contribution in [0.5, 0.6) is 0 Å². The van der Waals surface area contributed by atoms with Crippen LogP contribution in [0.2, 0.25) is 10.0 Å². The van der Waals surface area contributed by atoms with E-state index in [0.717, 1.165) is 16.7 Å². The molecule has 8 heteroatoms. The zero-order chi connectivity index (χ0) is 24.9. The Labute approximate surface area is 209 Å². The largest absolute Gasteiger partial charge is 0.384 e.